The average molecular weight is 548 g/mol. The van der Waals surface area contributed by atoms with Crippen molar-refractivity contribution in [3.63, 3.8) is 0 Å². The Bertz CT molecular complexity index is 599. The molecule has 4 heteroatoms. The minimum Gasteiger partial charge on any atom is -0.394 e. The van der Waals surface area contributed by atoms with E-state index in [2.05, 4.69) is 43.5 Å². The first-order valence-corrected chi connectivity index (χ1v) is 16.7. The van der Waals surface area contributed by atoms with Crippen molar-refractivity contribution >= 4 is 5.91 Å². The quantitative estimate of drug-likeness (QED) is 0.0645. The summed E-state index contributed by atoms with van der Waals surface area (Å²) < 4.78 is 0. The first-order chi connectivity index (χ1) is 19.2. The van der Waals surface area contributed by atoms with Crippen LogP contribution >= 0.6 is 0 Å². The van der Waals surface area contributed by atoms with Gasteiger partial charge >= 0.3 is 0 Å². The Kier molecular flexibility index (Phi) is 30.0. The van der Waals surface area contributed by atoms with E-state index >= 15 is 0 Å². The predicted octanol–water partition coefficient (Wildman–Crippen LogP) is 9.51. The summed E-state index contributed by atoms with van der Waals surface area (Å²) in [7, 11) is 0. The molecule has 1 amide bonds. The smallest absolute Gasteiger partial charge is 0.220 e. The Morgan fingerprint density at radius 2 is 1.05 bits per heavy atom. The van der Waals surface area contributed by atoms with E-state index in [0.29, 0.717) is 6.42 Å². The summed E-state index contributed by atoms with van der Waals surface area (Å²) in [5, 5.41) is 22.8. The van der Waals surface area contributed by atoms with Gasteiger partial charge in [-0.1, -0.05) is 140 Å². The van der Waals surface area contributed by atoms with Crippen LogP contribution in [0.25, 0.3) is 0 Å². The van der Waals surface area contributed by atoms with Crippen molar-refractivity contribution in [1.82, 2.24) is 5.32 Å². The molecule has 0 saturated carbocycles. The highest BCUT2D eigenvalue weighted by molar-refractivity contribution is 5.76. The van der Waals surface area contributed by atoms with Crippen molar-refractivity contribution in [2.24, 2.45) is 0 Å². The van der Waals surface area contributed by atoms with E-state index in [1.54, 1.807) is 6.08 Å². The summed E-state index contributed by atoms with van der Waals surface area (Å²) in [5.74, 6) is -0.0816. The number of hydrogen-bond acceptors (Lipinski definition) is 3. The number of aliphatic hydroxyl groups excluding tert-OH is 2. The van der Waals surface area contributed by atoms with Crippen LogP contribution in [0.3, 0.4) is 0 Å². The zero-order chi connectivity index (χ0) is 28.7. The van der Waals surface area contributed by atoms with Crippen molar-refractivity contribution in [3.05, 3.63) is 36.5 Å². The molecule has 3 N–H and O–H groups in total. The van der Waals surface area contributed by atoms with Crippen LogP contribution < -0.4 is 5.32 Å². The summed E-state index contributed by atoms with van der Waals surface area (Å²) in [4.78, 5) is 12.3. The molecule has 0 unspecified atom stereocenters. The number of amides is 1. The number of hydrogen-bond donors (Lipinski definition) is 3. The van der Waals surface area contributed by atoms with Crippen LogP contribution in [0.1, 0.15) is 162 Å². The van der Waals surface area contributed by atoms with Gasteiger partial charge in [0.15, 0.2) is 0 Å². The number of aliphatic hydroxyl groups is 2. The van der Waals surface area contributed by atoms with Crippen LogP contribution in [0.5, 0.6) is 0 Å². The Hall–Kier alpha value is -1.39. The van der Waals surface area contributed by atoms with Gasteiger partial charge in [-0.2, -0.15) is 0 Å². The molecule has 0 aliphatic rings. The summed E-state index contributed by atoms with van der Waals surface area (Å²) >= 11 is 0. The Morgan fingerprint density at radius 1 is 0.615 bits per heavy atom. The molecular formula is C35H65NO3. The van der Waals surface area contributed by atoms with Gasteiger partial charge in [0.05, 0.1) is 18.8 Å². The topological polar surface area (TPSA) is 69.6 Å². The summed E-state index contributed by atoms with van der Waals surface area (Å²) in [6.45, 7) is 4.24. The zero-order valence-electron chi connectivity index (χ0n) is 25.9. The first kappa shape index (κ1) is 37.6. The van der Waals surface area contributed by atoms with Crippen molar-refractivity contribution < 1.29 is 15.0 Å². The molecule has 0 radical (unpaired) electrons. The lowest BCUT2D eigenvalue weighted by molar-refractivity contribution is -0.123. The lowest BCUT2D eigenvalue weighted by Gasteiger charge is -2.20. The number of nitrogens with one attached hydrogen (secondary N) is 1. The lowest BCUT2D eigenvalue weighted by atomic mass is 10.1. The molecule has 0 bridgehead atoms. The third-order valence-electron chi connectivity index (χ3n) is 7.37. The van der Waals surface area contributed by atoms with Crippen LogP contribution in [-0.2, 0) is 4.79 Å². The number of rotatable bonds is 29. The van der Waals surface area contributed by atoms with E-state index < -0.39 is 12.1 Å². The lowest BCUT2D eigenvalue weighted by Crippen LogP contribution is -2.45. The van der Waals surface area contributed by atoms with Crippen molar-refractivity contribution in [1.29, 1.82) is 0 Å². The molecule has 228 valence electrons. The van der Waals surface area contributed by atoms with Gasteiger partial charge in [0, 0.05) is 6.42 Å². The highest BCUT2D eigenvalue weighted by Crippen LogP contribution is 2.12. The Morgan fingerprint density at radius 3 is 1.59 bits per heavy atom. The van der Waals surface area contributed by atoms with Crippen molar-refractivity contribution in [2.45, 2.75) is 174 Å². The number of unbranched alkanes of at least 4 members (excludes halogenated alkanes) is 18. The Labute approximate surface area is 242 Å². The van der Waals surface area contributed by atoms with Gasteiger partial charge in [-0.25, -0.2) is 0 Å². The highest BCUT2D eigenvalue weighted by Gasteiger charge is 2.17. The molecular weight excluding hydrogens is 482 g/mol. The highest BCUT2D eigenvalue weighted by atomic mass is 16.3. The molecule has 0 rings (SSSR count). The minimum absolute atomic E-state index is 0.0816. The predicted molar refractivity (Wildman–Crippen MR) is 170 cm³/mol. The van der Waals surface area contributed by atoms with Crippen molar-refractivity contribution in [2.75, 3.05) is 6.61 Å². The van der Waals surface area contributed by atoms with E-state index in [1.807, 2.05) is 6.08 Å². The van der Waals surface area contributed by atoms with E-state index in [4.69, 9.17) is 0 Å². The van der Waals surface area contributed by atoms with Gasteiger partial charge in [0.2, 0.25) is 5.91 Å². The van der Waals surface area contributed by atoms with E-state index in [0.717, 1.165) is 44.9 Å². The number of carbonyl (C=O) groups is 1. The number of carbonyl (C=O) groups excluding carboxylic acids is 1. The minimum atomic E-state index is -0.841. The molecule has 0 heterocycles. The van der Waals surface area contributed by atoms with Gasteiger partial charge in [-0.15, -0.1) is 0 Å². The number of allylic oxidation sites excluding steroid dienone is 5. The van der Waals surface area contributed by atoms with Crippen LogP contribution in [-0.4, -0.2) is 34.9 Å². The largest absolute Gasteiger partial charge is 0.394 e. The third kappa shape index (κ3) is 28.0. The maximum absolute atomic E-state index is 12.3. The monoisotopic (exact) mass is 547 g/mol. The second-order valence-corrected chi connectivity index (χ2v) is 11.2. The fourth-order valence-corrected chi connectivity index (χ4v) is 4.73. The molecule has 0 aliphatic heterocycles. The molecule has 39 heavy (non-hydrogen) atoms. The van der Waals surface area contributed by atoms with E-state index in [9.17, 15) is 15.0 Å². The molecule has 0 aromatic carbocycles. The van der Waals surface area contributed by atoms with Gasteiger partial charge in [0.25, 0.3) is 0 Å². The van der Waals surface area contributed by atoms with E-state index in [1.165, 1.54) is 96.3 Å². The summed E-state index contributed by atoms with van der Waals surface area (Å²) in [6, 6.07) is -0.626. The fourth-order valence-electron chi connectivity index (χ4n) is 4.73. The summed E-state index contributed by atoms with van der Waals surface area (Å²) in [5.41, 5.74) is 0. The van der Waals surface area contributed by atoms with Crippen molar-refractivity contribution in [3.8, 4) is 0 Å². The molecule has 0 aromatic rings. The van der Waals surface area contributed by atoms with Crippen LogP contribution in [0.2, 0.25) is 0 Å². The SMILES string of the molecule is CCCCC/C=C/C/C=C/CCCCCCCC(=O)N[C@@H](CO)[C@H](O)/C=C/CCCCCCCCCCCC. The van der Waals surface area contributed by atoms with Crippen LogP contribution in [0.4, 0.5) is 0 Å². The van der Waals surface area contributed by atoms with Gasteiger partial charge < -0.3 is 15.5 Å². The zero-order valence-corrected chi connectivity index (χ0v) is 25.9. The molecule has 4 nitrogen and oxygen atoms in total. The average Bonchev–Trinajstić information content (AvgIpc) is 2.94. The van der Waals surface area contributed by atoms with E-state index in [-0.39, 0.29) is 12.5 Å². The molecule has 2 atom stereocenters. The third-order valence-corrected chi connectivity index (χ3v) is 7.37. The van der Waals surface area contributed by atoms with Crippen LogP contribution in [0.15, 0.2) is 36.5 Å². The molecule has 0 fully saturated rings. The second kappa shape index (κ2) is 31.1. The second-order valence-electron chi connectivity index (χ2n) is 11.2. The normalized spacial score (nSPS) is 13.6. The Balaban J connectivity index is 3.70. The van der Waals surface area contributed by atoms with Gasteiger partial charge in [0.1, 0.15) is 0 Å². The molecule has 0 saturated heterocycles. The van der Waals surface area contributed by atoms with Gasteiger partial charge in [-0.05, 0) is 51.4 Å². The molecule has 0 aromatic heterocycles. The maximum atomic E-state index is 12.3. The first-order valence-electron chi connectivity index (χ1n) is 16.7. The molecule has 0 spiro atoms. The standard InChI is InChI=1S/C35H65NO3/c1-3-5-7-9-11-13-15-17-18-19-21-23-25-27-29-31-35(39)36-33(32-37)34(38)30-28-26-24-22-20-16-14-12-10-8-6-4-2/h11,13,17-18,28,30,33-34,37-38H,3-10,12,14-16,19-27,29,31-32H2,1-2H3,(H,36,39)/b13-11+,18-17+,30-28+/t33-,34+/m0/s1. The van der Waals surface area contributed by atoms with Gasteiger partial charge in [-0.3, -0.25) is 4.79 Å². The fraction of sp³-hybridized carbons (Fsp3) is 0.800. The summed E-state index contributed by atoms with van der Waals surface area (Å²) in [6.07, 6.45) is 39.3. The molecule has 0 aliphatic carbocycles. The maximum Gasteiger partial charge on any atom is 0.220 e. The van der Waals surface area contributed by atoms with Crippen LogP contribution in [0, 0.1) is 0 Å².